The smallest absolute Gasteiger partial charge is 0.254 e. The minimum absolute atomic E-state index is 0.0591. The zero-order chi connectivity index (χ0) is 23.8. The molecule has 0 radical (unpaired) electrons. The number of rotatable bonds is 5. The number of halogens is 1. The van der Waals surface area contributed by atoms with Crippen LogP contribution in [-0.4, -0.2) is 37.5 Å². The summed E-state index contributed by atoms with van der Waals surface area (Å²) in [6.07, 6.45) is 0.675. The largest absolute Gasteiger partial charge is 0.493 e. The summed E-state index contributed by atoms with van der Waals surface area (Å²) in [7, 11) is 3.19. The molecule has 0 spiro atoms. The molecule has 34 heavy (non-hydrogen) atoms. The lowest BCUT2D eigenvalue weighted by Gasteiger charge is -2.45. The van der Waals surface area contributed by atoms with E-state index in [-0.39, 0.29) is 11.8 Å². The van der Waals surface area contributed by atoms with Crippen LogP contribution in [0.1, 0.15) is 44.6 Å². The van der Waals surface area contributed by atoms with Crippen LogP contribution < -0.4 is 14.8 Å². The van der Waals surface area contributed by atoms with Gasteiger partial charge in [0.1, 0.15) is 0 Å². The molecule has 0 saturated carbocycles. The molecule has 2 atom stereocenters. The van der Waals surface area contributed by atoms with Crippen LogP contribution in [-0.2, 0) is 17.8 Å². The van der Waals surface area contributed by atoms with Crippen molar-refractivity contribution >= 4 is 23.4 Å². The molecule has 5 rings (SSSR count). The summed E-state index contributed by atoms with van der Waals surface area (Å²) in [6, 6.07) is 18.2. The van der Waals surface area contributed by atoms with Gasteiger partial charge in [-0.3, -0.25) is 9.59 Å². The van der Waals surface area contributed by atoms with Gasteiger partial charge in [0.15, 0.2) is 11.5 Å². The normalized spacial score (nSPS) is 18.4. The maximum absolute atomic E-state index is 13.7. The maximum Gasteiger partial charge on any atom is 0.254 e. The highest BCUT2D eigenvalue weighted by molar-refractivity contribution is 6.31. The Morgan fingerprint density at radius 2 is 1.74 bits per heavy atom. The van der Waals surface area contributed by atoms with Gasteiger partial charge in [0.2, 0.25) is 5.91 Å². The Morgan fingerprint density at radius 1 is 1.03 bits per heavy atom. The Labute approximate surface area is 203 Å². The molecule has 2 aliphatic heterocycles. The second-order valence-electron chi connectivity index (χ2n) is 8.47. The van der Waals surface area contributed by atoms with Crippen molar-refractivity contribution in [3.05, 3.63) is 93.5 Å². The van der Waals surface area contributed by atoms with E-state index in [4.69, 9.17) is 21.1 Å². The lowest BCUT2D eigenvalue weighted by atomic mass is 9.75. The predicted octanol–water partition coefficient (Wildman–Crippen LogP) is 4.51. The molecular weight excluding hydrogens is 452 g/mol. The molecule has 1 N–H and O–H groups in total. The quantitative estimate of drug-likeness (QED) is 0.588. The lowest BCUT2D eigenvalue weighted by Crippen LogP contribution is -2.50. The van der Waals surface area contributed by atoms with Crippen LogP contribution in [0.3, 0.4) is 0 Å². The number of ether oxygens (including phenoxy) is 2. The van der Waals surface area contributed by atoms with Crippen molar-refractivity contribution in [2.45, 2.75) is 24.9 Å². The van der Waals surface area contributed by atoms with E-state index in [1.807, 2.05) is 53.4 Å². The number of benzene rings is 3. The van der Waals surface area contributed by atoms with E-state index in [1.165, 1.54) is 0 Å². The number of amides is 2. The average molecular weight is 477 g/mol. The molecular formula is C27H25ClN2O4. The Morgan fingerprint density at radius 3 is 2.50 bits per heavy atom. The lowest BCUT2D eigenvalue weighted by molar-refractivity contribution is -0.124. The van der Waals surface area contributed by atoms with E-state index >= 15 is 0 Å². The van der Waals surface area contributed by atoms with Crippen LogP contribution in [0.4, 0.5) is 0 Å². The summed E-state index contributed by atoms with van der Waals surface area (Å²) in [5.74, 6) is 0.420. The molecule has 0 bridgehead atoms. The van der Waals surface area contributed by atoms with Crippen molar-refractivity contribution in [2.24, 2.45) is 0 Å². The van der Waals surface area contributed by atoms with Crippen LogP contribution in [0.25, 0.3) is 0 Å². The molecule has 7 heteroatoms. The van der Waals surface area contributed by atoms with Crippen LogP contribution in [0, 0.1) is 0 Å². The SMILES string of the molecule is COc1cc2c(cc1OC)[C@@H]1[C@@H](C(=O)NCc3ccccc3Cl)c3ccccc3C(=O)N1CC2. The van der Waals surface area contributed by atoms with Crippen molar-refractivity contribution in [1.82, 2.24) is 10.2 Å². The fourth-order valence-electron chi connectivity index (χ4n) is 5.07. The first-order valence-electron chi connectivity index (χ1n) is 11.2. The zero-order valence-corrected chi connectivity index (χ0v) is 19.8. The third-order valence-electron chi connectivity index (χ3n) is 6.72. The van der Waals surface area contributed by atoms with E-state index in [0.717, 1.165) is 22.3 Å². The van der Waals surface area contributed by atoms with E-state index in [1.54, 1.807) is 26.4 Å². The molecule has 0 aromatic heterocycles. The van der Waals surface area contributed by atoms with E-state index in [2.05, 4.69) is 5.32 Å². The Kier molecular flexibility index (Phi) is 5.92. The first-order chi connectivity index (χ1) is 16.5. The summed E-state index contributed by atoms with van der Waals surface area (Å²) in [6.45, 7) is 0.825. The molecule has 0 fully saturated rings. The molecule has 2 aliphatic rings. The van der Waals surface area contributed by atoms with Gasteiger partial charge in [-0.1, -0.05) is 48.0 Å². The highest BCUT2D eigenvalue weighted by Crippen LogP contribution is 2.48. The van der Waals surface area contributed by atoms with Gasteiger partial charge in [-0.15, -0.1) is 0 Å². The minimum atomic E-state index is -0.575. The predicted molar refractivity (Wildman–Crippen MR) is 130 cm³/mol. The maximum atomic E-state index is 13.7. The van der Waals surface area contributed by atoms with Gasteiger partial charge in [-0.2, -0.15) is 0 Å². The van der Waals surface area contributed by atoms with Crippen molar-refractivity contribution in [3.63, 3.8) is 0 Å². The number of nitrogens with zero attached hydrogens (tertiary/aromatic N) is 1. The van der Waals surface area contributed by atoms with E-state index in [9.17, 15) is 9.59 Å². The summed E-state index contributed by atoms with van der Waals surface area (Å²) in [5.41, 5.74) is 4.10. The van der Waals surface area contributed by atoms with Gasteiger partial charge in [-0.05, 0) is 52.9 Å². The first-order valence-corrected chi connectivity index (χ1v) is 11.6. The molecule has 6 nitrogen and oxygen atoms in total. The average Bonchev–Trinajstić information content (AvgIpc) is 2.87. The van der Waals surface area contributed by atoms with Crippen molar-refractivity contribution in [1.29, 1.82) is 0 Å². The van der Waals surface area contributed by atoms with Gasteiger partial charge in [0.25, 0.3) is 5.91 Å². The van der Waals surface area contributed by atoms with Gasteiger partial charge >= 0.3 is 0 Å². The van der Waals surface area contributed by atoms with Crippen molar-refractivity contribution in [2.75, 3.05) is 20.8 Å². The van der Waals surface area contributed by atoms with Gasteiger partial charge < -0.3 is 19.7 Å². The van der Waals surface area contributed by atoms with Crippen LogP contribution in [0.5, 0.6) is 11.5 Å². The summed E-state index contributed by atoms with van der Waals surface area (Å²) in [5, 5.41) is 3.66. The third kappa shape index (κ3) is 3.68. The molecule has 2 amide bonds. The molecule has 3 aromatic carbocycles. The number of methoxy groups -OCH3 is 2. The summed E-state index contributed by atoms with van der Waals surface area (Å²) in [4.78, 5) is 29.0. The molecule has 0 saturated heterocycles. The second-order valence-corrected chi connectivity index (χ2v) is 8.88. The van der Waals surface area contributed by atoms with Crippen LogP contribution in [0.2, 0.25) is 5.02 Å². The molecule has 0 unspecified atom stereocenters. The number of carbonyl (C=O) groups is 2. The standard InChI is InChI=1S/C27H25ClN2O4/c1-33-22-13-16-11-12-30-25(20(16)14-23(22)34-2)24(18-8-4-5-9-19(18)27(30)32)26(31)29-15-17-7-3-6-10-21(17)28/h3-10,13-14,24-25H,11-12,15H2,1-2H3,(H,29,31)/t24-,25+/m0/s1. The van der Waals surface area contributed by atoms with Gasteiger partial charge in [-0.25, -0.2) is 0 Å². The van der Waals surface area contributed by atoms with E-state index in [0.29, 0.717) is 41.6 Å². The Bertz CT molecular complexity index is 1280. The topological polar surface area (TPSA) is 67.9 Å². The van der Waals surface area contributed by atoms with Crippen molar-refractivity contribution in [3.8, 4) is 11.5 Å². The molecule has 0 aliphatic carbocycles. The summed E-state index contributed by atoms with van der Waals surface area (Å²) >= 11 is 6.30. The number of fused-ring (bicyclic) bond motifs is 4. The van der Waals surface area contributed by atoms with Crippen LogP contribution in [0.15, 0.2) is 60.7 Å². The highest BCUT2D eigenvalue weighted by Gasteiger charge is 2.46. The Balaban J connectivity index is 1.59. The third-order valence-corrected chi connectivity index (χ3v) is 7.09. The monoisotopic (exact) mass is 476 g/mol. The van der Waals surface area contributed by atoms with E-state index < -0.39 is 12.0 Å². The van der Waals surface area contributed by atoms with Crippen LogP contribution >= 0.6 is 11.6 Å². The molecule has 2 heterocycles. The highest BCUT2D eigenvalue weighted by atomic mass is 35.5. The number of carbonyl (C=O) groups excluding carboxylic acids is 2. The first kappa shape index (κ1) is 22.3. The van der Waals surface area contributed by atoms with Gasteiger partial charge in [0.05, 0.1) is 26.2 Å². The molecule has 174 valence electrons. The minimum Gasteiger partial charge on any atom is -0.493 e. The Hall–Kier alpha value is -3.51. The van der Waals surface area contributed by atoms with Gasteiger partial charge in [0, 0.05) is 23.7 Å². The number of hydrogen-bond acceptors (Lipinski definition) is 4. The zero-order valence-electron chi connectivity index (χ0n) is 19.0. The fourth-order valence-corrected chi connectivity index (χ4v) is 5.27. The number of hydrogen-bond donors (Lipinski definition) is 1. The summed E-state index contributed by atoms with van der Waals surface area (Å²) < 4.78 is 11.0. The number of nitrogens with one attached hydrogen (secondary N) is 1. The fraction of sp³-hybridized carbons (Fsp3) is 0.259. The molecule has 3 aromatic rings. The second kappa shape index (κ2) is 9.03. The van der Waals surface area contributed by atoms with Crippen molar-refractivity contribution < 1.29 is 19.1 Å².